The maximum Gasteiger partial charge on any atom is 0.253 e. The number of rotatable bonds is 4. The van der Waals surface area contributed by atoms with Crippen molar-refractivity contribution < 1.29 is 14.3 Å². The number of anilines is 1. The summed E-state index contributed by atoms with van der Waals surface area (Å²) in [5.74, 6) is -0.236. The summed E-state index contributed by atoms with van der Waals surface area (Å²) in [4.78, 5) is 17.4. The average Bonchev–Trinajstić information content (AvgIpc) is 2.76. The zero-order valence-corrected chi connectivity index (χ0v) is 17.5. The van der Waals surface area contributed by atoms with Crippen molar-refractivity contribution in [2.24, 2.45) is 5.41 Å². The van der Waals surface area contributed by atoms with Gasteiger partial charge in [0.2, 0.25) is 0 Å². The molecule has 160 valence electrons. The average molecular weight is 412 g/mol. The Morgan fingerprint density at radius 2 is 2.00 bits per heavy atom. The van der Waals surface area contributed by atoms with Crippen molar-refractivity contribution in [1.82, 2.24) is 9.80 Å². The molecule has 0 aromatic heterocycles. The van der Waals surface area contributed by atoms with E-state index in [1.54, 1.807) is 12.1 Å². The number of aliphatic hydroxyl groups excluding tert-OH is 1. The van der Waals surface area contributed by atoms with E-state index in [0.717, 1.165) is 50.1 Å². The third-order valence-electron chi connectivity index (χ3n) is 6.49. The Bertz CT molecular complexity index is 888. The first-order valence-electron chi connectivity index (χ1n) is 10.7. The van der Waals surface area contributed by atoms with Crippen molar-refractivity contribution >= 4 is 11.6 Å². The highest BCUT2D eigenvalue weighted by Crippen LogP contribution is 2.38. The van der Waals surface area contributed by atoms with Crippen molar-refractivity contribution in [3.8, 4) is 0 Å². The number of halogens is 1. The summed E-state index contributed by atoms with van der Waals surface area (Å²) >= 11 is 0. The van der Waals surface area contributed by atoms with Crippen molar-refractivity contribution in [3.63, 3.8) is 0 Å². The fourth-order valence-electron chi connectivity index (χ4n) is 4.86. The van der Waals surface area contributed by atoms with Crippen LogP contribution in [0.3, 0.4) is 0 Å². The molecule has 1 spiro atoms. The smallest absolute Gasteiger partial charge is 0.253 e. The molecule has 2 heterocycles. The lowest BCUT2D eigenvalue weighted by molar-refractivity contribution is -0.0731. The molecule has 6 heteroatoms. The molecule has 2 aromatic rings. The predicted octanol–water partition coefficient (Wildman–Crippen LogP) is 3.36. The number of carbonyl (C=O) groups excluding carboxylic acids is 1. The monoisotopic (exact) mass is 411 g/mol. The molecule has 0 saturated carbocycles. The standard InChI is InChI=1S/C24H30FN3O2/c1-27-13-10-22(29)24(16-27)11-3-12-28(17-24)23(30)19-4-2-5-21(14-19)26-15-18-6-8-20(25)9-7-18/h2,4-9,14,22,26,29H,3,10-13,15-17H2,1H3/t22-,24-/m0/s1. The van der Waals surface area contributed by atoms with Crippen LogP contribution in [-0.2, 0) is 6.54 Å². The van der Waals surface area contributed by atoms with E-state index in [9.17, 15) is 14.3 Å². The number of carbonyl (C=O) groups is 1. The summed E-state index contributed by atoms with van der Waals surface area (Å²) in [6.45, 7) is 3.62. The molecule has 2 aromatic carbocycles. The summed E-state index contributed by atoms with van der Waals surface area (Å²) in [5, 5.41) is 14.0. The third kappa shape index (κ3) is 4.50. The Kier molecular flexibility index (Phi) is 6.06. The van der Waals surface area contributed by atoms with Crippen LogP contribution in [0.2, 0.25) is 0 Å². The van der Waals surface area contributed by atoms with E-state index in [-0.39, 0.29) is 23.2 Å². The summed E-state index contributed by atoms with van der Waals surface area (Å²) < 4.78 is 13.1. The van der Waals surface area contributed by atoms with Gasteiger partial charge in [0.05, 0.1) is 6.10 Å². The molecule has 2 fully saturated rings. The van der Waals surface area contributed by atoms with Gasteiger partial charge in [0.15, 0.2) is 0 Å². The number of benzene rings is 2. The van der Waals surface area contributed by atoms with E-state index < -0.39 is 0 Å². The minimum Gasteiger partial charge on any atom is -0.392 e. The first-order valence-corrected chi connectivity index (χ1v) is 10.7. The van der Waals surface area contributed by atoms with Gasteiger partial charge in [-0.05, 0) is 62.2 Å². The van der Waals surface area contributed by atoms with Gasteiger partial charge >= 0.3 is 0 Å². The van der Waals surface area contributed by atoms with Crippen LogP contribution in [-0.4, -0.2) is 60.1 Å². The van der Waals surface area contributed by atoms with Gasteiger partial charge in [0.1, 0.15) is 5.82 Å². The maximum absolute atomic E-state index is 13.2. The molecule has 2 saturated heterocycles. The molecule has 1 amide bonds. The van der Waals surface area contributed by atoms with Crippen LogP contribution < -0.4 is 5.32 Å². The summed E-state index contributed by atoms with van der Waals surface area (Å²) in [6, 6.07) is 13.9. The fourth-order valence-corrected chi connectivity index (χ4v) is 4.86. The van der Waals surface area contributed by atoms with Gasteiger partial charge in [-0.2, -0.15) is 0 Å². The molecular formula is C24H30FN3O2. The molecule has 0 aliphatic carbocycles. The van der Waals surface area contributed by atoms with Crippen LogP contribution in [0, 0.1) is 11.2 Å². The van der Waals surface area contributed by atoms with Gasteiger partial charge in [-0.15, -0.1) is 0 Å². The number of nitrogens with zero attached hydrogens (tertiary/aromatic N) is 2. The molecule has 0 unspecified atom stereocenters. The van der Waals surface area contributed by atoms with Crippen LogP contribution >= 0.6 is 0 Å². The minimum atomic E-state index is -0.354. The van der Waals surface area contributed by atoms with Crippen LogP contribution in [0.5, 0.6) is 0 Å². The molecule has 2 aliphatic heterocycles. The first kappa shape index (κ1) is 20.8. The molecule has 2 atom stereocenters. The Balaban J connectivity index is 1.44. The van der Waals surface area contributed by atoms with E-state index in [4.69, 9.17) is 0 Å². The molecular weight excluding hydrogens is 381 g/mol. The van der Waals surface area contributed by atoms with E-state index in [1.807, 2.05) is 29.2 Å². The highest BCUT2D eigenvalue weighted by molar-refractivity contribution is 5.95. The van der Waals surface area contributed by atoms with Gasteiger partial charge in [-0.3, -0.25) is 4.79 Å². The van der Waals surface area contributed by atoms with E-state index in [0.29, 0.717) is 18.7 Å². The van der Waals surface area contributed by atoms with Crippen LogP contribution in [0.1, 0.15) is 35.2 Å². The molecule has 30 heavy (non-hydrogen) atoms. The van der Waals surface area contributed by atoms with Gasteiger partial charge in [0, 0.05) is 49.4 Å². The lowest BCUT2D eigenvalue weighted by atomic mass is 9.71. The third-order valence-corrected chi connectivity index (χ3v) is 6.49. The molecule has 4 rings (SSSR count). The van der Waals surface area contributed by atoms with Gasteiger partial charge in [0.25, 0.3) is 5.91 Å². The van der Waals surface area contributed by atoms with Gasteiger partial charge in [-0.1, -0.05) is 18.2 Å². The second-order valence-corrected chi connectivity index (χ2v) is 8.80. The molecule has 5 nitrogen and oxygen atoms in total. The van der Waals surface area contributed by atoms with Gasteiger partial charge < -0.3 is 20.2 Å². The lowest BCUT2D eigenvalue weighted by Crippen LogP contribution is -2.59. The predicted molar refractivity (Wildman–Crippen MR) is 116 cm³/mol. The highest BCUT2D eigenvalue weighted by atomic mass is 19.1. The van der Waals surface area contributed by atoms with E-state index >= 15 is 0 Å². The maximum atomic E-state index is 13.2. The second-order valence-electron chi connectivity index (χ2n) is 8.80. The number of amides is 1. The number of hydrogen-bond acceptors (Lipinski definition) is 4. The van der Waals surface area contributed by atoms with Crippen molar-refractivity contribution in [1.29, 1.82) is 0 Å². The highest BCUT2D eigenvalue weighted by Gasteiger charge is 2.45. The number of piperidine rings is 2. The number of likely N-dealkylation sites (tertiary alicyclic amines) is 2. The lowest BCUT2D eigenvalue weighted by Gasteiger charge is -2.50. The Labute approximate surface area is 177 Å². The number of hydrogen-bond donors (Lipinski definition) is 2. The van der Waals surface area contributed by atoms with Crippen LogP contribution in [0.25, 0.3) is 0 Å². The first-order chi connectivity index (χ1) is 14.4. The SMILES string of the molecule is CN1CC[C@H](O)[C@@]2(CCCN(C(=O)c3cccc(NCc4ccc(F)cc4)c3)C2)C1. The van der Waals surface area contributed by atoms with E-state index in [2.05, 4.69) is 17.3 Å². The summed E-state index contributed by atoms with van der Waals surface area (Å²) in [7, 11) is 2.09. The van der Waals surface area contributed by atoms with Gasteiger partial charge in [-0.25, -0.2) is 4.39 Å². The Hall–Kier alpha value is -2.44. The quantitative estimate of drug-likeness (QED) is 0.810. The van der Waals surface area contributed by atoms with E-state index in [1.165, 1.54) is 12.1 Å². The second kappa shape index (κ2) is 8.74. The minimum absolute atomic E-state index is 0.0138. The topological polar surface area (TPSA) is 55.8 Å². The Morgan fingerprint density at radius 1 is 1.20 bits per heavy atom. The molecule has 2 N–H and O–H groups in total. The molecule has 0 bridgehead atoms. The number of aliphatic hydroxyl groups is 1. The van der Waals surface area contributed by atoms with Crippen molar-refractivity contribution in [2.75, 3.05) is 38.5 Å². The summed E-state index contributed by atoms with van der Waals surface area (Å²) in [5.41, 5.74) is 2.25. The van der Waals surface area contributed by atoms with Crippen LogP contribution in [0.15, 0.2) is 48.5 Å². The molecule has 2 aliphatic rings. The fraction of sp³-hybridized carbons (Fsp3) is 0.458. The molecule has 0 radical (unpaired) electrons. The summed E-state index contributed by atoms with van der Waals surface area (Å²) in [6.07, 6.45) is 2.29. The van der Waals surface area contributed by atoms with Crippen molar-refractivity contribution in [3.05, 3.63) is 65.5 Å². The van der Waals surface area contributed by atoms with Crippen LogP contribution in [0.4, 0.5) is 10.1 Å². The Morgan fingerprint density at radius 3 is 2.80 bits per heavy atom. The van der Waals surface area contributed by atoms with Crippen molar-refractivity contribution in [2.45, 2.75) is 31.9 Å². The normalized spacial score (nSPS) is 24.8. The zero-order valence-electron chi connectivity index (χ0n) is 17.5. The number of nitrogens with one attached hydrogen (secondary N) is 1. The zero-order chi connectivity index (χ0) is 21.1. The largest absolute Gasteiger partial charge is 0.392 e.